The lowest BCUT2D eigenvalue weighted by Crippen LogP contribution is -2.22. The van der Waals surface area contributed by atoms with Crippen molar-refractivity contribution in [3.05, 3.63) is 56.2 Å². The summed E-state index contributed by atoms with van der Waals surface area (Å²) in [6, 6.07) is 9.96. The van der Waals surface area contributed by atoms with E-state index in [0.29, 0.717) is 6.54 Å². The molecule has 0 atom stereocenters. The van der Waals surface area contributed by atoms with Gasteiger partial charge in [-0.25, -0.2) is 0 Å². The van der Waals surface area contributed by atoms with Gasteiger partial charge in [-0.15, -0.1) is 11.3 Å². The average Bonchev–Trinajstić information content (AvgIpc) is 2.84. The molecule has 0 saturated carbocycles. The summed E-state index contributed by atoms with van der Waals surface area (Å²) in [5, 5.41) is 4.92. The highest BCUT2D eigenvalue weighted by atomic mass is 79.9. The SMILES string of the molecule is CCc1ccsc1C(=O)NCc1cccc(Br)c1. The minimum atomic E-state index is 0.0156. The molecule has 0 aliphatic heterocycles. The Morgan fingerprint density at radius 2 is 2.22 bits per heavy atom. The van der Waals surface area contributed by atoms with Gasteiger partial charge in [0, 0.05) is 11.0 Å². The number of carbonyl (C=O) groups is 1. The van der Waals surface area contributed by atoms with Gasteiger partial charge in [0.1, 0.15) is 0 Å². The van der Waals surface area contributed by atoms with Gasteiger partial charge in [0.25, 0.3) is 5.91 Å². The molecule has 2 aromatic rings. The van der Waals surface area contributed by atoms with Crippen molar-refractivity contribution in [2.75, 3.05) is 0 Å². The van der Waals surface area contributed by atoms with Crippen LogP contribution >= 0.6 is 27.3 Å². The third-order valence-electron chi connectivity index (χ3n) is 2.68. The number of hydrogen-bond acceptors (Lipinski definition) is 2. The maximum atomic E-state index is 12.0. The summed E-state index contributed by atoms with van der Waals surface area (Å²) in [5.41, 5.74) is 2.21. The molecule has 1 N–H and O–H groups in total. The molecule has 18 heavy (non-hydrogen) atoms. The van der Waals surface area contributed by atoms with Crippen LogP contribution in [0.3, 0.4) is 0 Å². The molecule has 0 fully saturated rings. The van der Waals surface area contributed by atoms with E-state index in [9.17, 15) is 4.79 Å². The van der Waals surface area contributed by atoms with E-state index in [2.05, 4.69) is 28.2 Å². The lowest BCUT2D eigenvalue weighted by Gasteiger charge is -2.05. The highest BCUT2D eigenvalue weighted by Gasteiger charge is 2.11. The van der Waals surface area contributed by atoms with Crippen molar-refractivity contribution in [1.82, 2.24) is 5.32 Å². The molecule has 1 heterocycles. The molecule has 2 nitrogen and oxygen atoms in total. The quantitative estimate of drug-likeness (QED) is 0.905. The van der Waals surface area contributed by atoms with Crippen molar-refractivity contribution in [2.45, 2.75) is 19.9 Å². The van der Waals surface area contributed by atoms with Crippen molar-refractivity contribution in [3.63, 3.8) is 0 Å². The van der Waals surface area contributed by atoms with E-state index in [1.807, 2.05) is 35.7 Å². The number of thiophene rings is 1. The second kappa shape index (κ2) is 6.16. The largest absolute Gasteiger partial charge is 0.347 e. The van der Waals surface area contributed by atoms with Crippen LogP contribution in [0.2, 0.25) is 0 Å². The Morgan fingerprint density at radius 3 is 2.94 bits per heavy atom. The molecule has 0 aliphatic carbocycles. The van der Waals surface area contributed by atoms with Gasteiger partial charge in [0.2, 0.25) is 0 Å². The average molecular weight is 324 g/mol. The maximum Gasteiger partial charge on any atom is 0.261 e. The Kier molecular flexibility index (Phi) is 4.55. The molecular weight excluding hydrogens is 310 g/mol. The summed E-state index contributed by atoms with van der Waals surface area (Å²) >= 11 is 4.92. The Bertz CT molecular complexity index is 550. The molecule has 0 unspecified atom stereocenters. The van der Waals surface area contributed by atoms with Crippen LogP contribution in [-0.2, 0) is 13.0 Å². The van der Waals surface area contributed by atoms with Crippen molar-refractivity contribution in [3.8, 4) is 0 Å². The van der Waals surface area contributed by atoms with E-state index in [4.69, 9.17) is 0 Å². The number of amides is 1. The summed E-state index contributed by atoms with van der Waals surface area (Å²) in [4.78, 5) is 12.9. The first-order valence-electron chi connectivity index (χ1n) is 5.79. The summed E-state index contributed by atoms with van der Waals surface area (Å²) in [6.07, 6.45) is 0.892. The topological polar surface area (TPSA) is 29.1 Å². The molecule has 0 bridgehead atoms. The van der Waals surface area contributed by atoms with E-state index in [1.165, 1.54) is 11.3 Å². The zero-order chi connectivity index (χ0) is 13.0. The third-order valence-corrected chi connectivity index (χ3v) is 4.12. The predicted octanol–water partition coefficient (Wildman–Crippen LogP) is 4.00. The van der Waals surface area contributed by atoms with Crippen LogP contribution in [0.4, 0.5) is 0 Å². The fourth-order valence-corrected chi connectivity index (χ4v) is 3.08. The molecule has 1 aromatic heterocycles. The standard InChI is InChI=1S/C14H14BrNOS/c1-2-11-6-7-18-13(11)14(17)16-9-10-4-3-5-12(15)8-10/h3-8H,2,9H2,1H3,(H,16,17). The number of halogens is 1. The van der Waals surface area contributed by atoms with Crippen LogP contribution in [0.1, 0.15) is 27.7 Å². The van der Waals surface area contributed by atoms with Crippen LogP contribution in [-0.4, -0.2) is 5.91 Å². The van der Waals surface area contributed by atoms with E-state index >= 15 is 0 Å². The molecule has 94 valence electrons. The van der Waals surface area contributed by atoms with Gasteiger partial charge >= 0.3 is 0 Å². The fourth-order valence-electron chi connectivity index (χ4n) is 1.72. The minimum Gasteiger partial charge on any atom is -0.347 e. The van der Waals surface area contributed by atoms with Gasteiger partial charge < -0.3 is 5.32 Å². The second-order valence-corrected chi connectivity index (χ2v) is 5.77. The van der Waals surface area contributed by atoms with Crippen molar-refractivity contribution in [1.29, 1.82) is 0 Å². The summed E-state index contributed by atoms with van der Waals surface area (Å²) in [5.74, 6) is 0.0156. The number of benzene rings is 1. The van der Waals surface area contributed by atoms with Gasteiger partial charge in [-0.1, -0.05) is 35.0 Å². The Hall–Kier alpha value is -1.13. The highest BCUT2D eigenvalue weighted by molar-refractivity contribution is 9.10. The normalized spacial score (nSPS) is 10.3. The fraction of sp³-hybridized carbons (Fsp3) is 0.214. The first-order chi connectivity index (χ1) is 8.70. The minimum absolute atomic E-state index is 0.0156. The van der Waals surface area contributed by atoms with Gasteiger partial charge in [0.05, 0.1) is 4.88 Å². The van der Waals surface area contributed by atoms with Gasteiger partial charge in [0.15, 0.2) is 0 Å². The first-order valence-corrected chi connectivity index (χ1v) is 7.47. The number of carbonyl (C=O) groups excluding carboxylic acids is 1. The summed E-state index contributed by atoms with van der Waals surface area (Å²) in [7, 11) is 0. The number of rotatable bonds is 4. The lowest BCUT2D eigenvalue weighted by molar-refractivity contribution is 0.0954. The molecule has 0 spiro atoms. The lowest BCUT2D eigenvalue weighted by atomic mass is 10.2. The van der Waals surface area contributed by atoms with Crippen LogP contribution < -0.4 is 5.32 Å². The molecule has 4 heteroatoms. The van der Waals surface area contributed by atoms with Gasteiger partial charge in [-0.05, 0) is 41.1 Å². The molecule has 1 amide bonds. The van der Waals surface area contributed by atoms with Gasteiger partial charge in [-0.3, -0.25) is 4.79 Å². The van der Waals surface area contributed by atoms with Crippen molar-refractivity contribution < 1.29 is 4.79 Å². The molecule has 0 radical (unpaired) electrons. The van der Waals surface area contributed by atoms with E-state index in [0.717, 1.165) is 26.9 Å². The van der Waals surface area contributed by atoms with Gasteiger partial charge in [-0.2, -0.15) is 0 Å². The smallest absolute Gasteiger partial charge is 0.261 e. The Morgan fingerprint density at radius 1 is 1.39 bits per heavy atom. The van der Waals surface area contributed by atoms with E-state index in [-0.39, 0.29) is 5.91 Å². The zero-order valence-corrected chi connectivity index (χ0v) is 12.5. The second-order valence-electron chi connectivity index (χ2n) is 3.94. The molecule has 2 rings (SSSR count). The zero-order valence-electron chi connectivity index (χ0n) is 10.1. The predicted molar refractivity (Wildman–Crippen MR) is 79.0 cm³/mol. The first kappa shape index (κ1) is 13.3. The molecule has 0 saturated heterocycles. The molecule has 0 aliphatic rings. The Balaban J connectivity index is 2.00. The van der Waals surface area contributed by atoms with Crippen molar-refractivity contribution in [2.24, 2.45) is 0 Å². The van der Waals surface area contributed by atoms with E-state index < -0.39 is 0 Å². The van der Waals surface area contributed by atoms with Crippen LogP contribution in [0, 0.1) is 0 Å². The third kappa shape index (κ3) is 3.21. The van der Waals surface area contributed by atoms with Crippen LogP contribution in [0.25, 0.3) is 0 Å². The number of nitrogens with one attached hydrogen (secondary N) is 1. The van der Waals surface area contributed by atoms with E-state index in [1.54, 1.807) is 0 Å². The molecular formula is C14H14BrNOS. The van der Waals surface area contributed by atoms with Crippen molar-refractivity contribution >= 4 is 33.2 Å². The molecule has 1 aromatic carbocycles. The number of hydrogen-bond donors (Lipinski definition) is 1. The Labute approximate surface area is 119 Å². The number of aryl methyl sites for hydroxylation is 1. The summed E-state index contributed by atoms with van der Waals surface area (Å²) < 4.78 is 1.03. The summed E-state index contributed by atoms with van der Waals surface area (Å²) in [6.45, 7) is 2.62. The highest BCUT2D eigenvalue weighted by Crippen LogP contribution is 2.17. The van der Waals surface area contributed by atoms with Crippen LogP contribution in [0.15, 0.2) is 40.2 Å². The monoisotopic (exact) mass is 323 g/mol. The maximum absolute atomic E-state index is 12.0. The van der Waals surface area contributed by atoms with Crippen LogP contribution in [0.5, 0.6) is 0 Å².